The summed E-state index contributed by atoms with van der Waals surface area (Å²) in [6.45, 7) is 1.50. The number of rotatable bonds is 2. The van der Waals surface area contributed by atoms with Gasteiger partial charge in [0.05, 0.1) is 4.92 Å². The maximum absolute atomic E-state index is 12.4. The first kappa shape index (κ1) is 11.0. The van der Waals surface area contributed by atoms with Crippen molar-refractivity contribution in [3.05, 3.63) is 37.8 Å². The zero-order valence-electron chi connectivity index (χ0n) is 7.13. The van der Waals surface area contributed by atoms with E-state index < -0.39 is 11.3 Å². The monoisotopic (exact) mass is 265 g/mol. The van der Waals surface area contributed by atoms with E-state index in [0.717, 1.165) is 0 Å². The van der Waals surface area contributed by atoms with Gasteiger partial charge in [0, 0.05) is 11.1 Å². The molecule has 76 valence electrons. The highest BCUT2D eigenvalue weighted by Gasteiger charge is 2.22. The second kappa shape index (κ2) is 4.00. The molecule has 1 aromatic rings. The van der Waals surface area contributed by atoms with Gasteiger partial charge in [0.15, 0.2) is 0 Å². The van der Waals surface area contributed by atoms with Gasteiger partial charge >= 0.3 is 0 Å². The van der Waals surface area contributed by atoms with Gasteiger partial charge in [0.1, 0.15) is 4.47 Å². The highest BCUT2D eigenvalue weighted by molar-refractivity contribution is 9.10. The normalized spacial score (nSPS) is 10.6. The lowest BCUT2D eigenvalue weighted by atomic mass is 10.1. The Balaban J connectivity index is 3.41. The minimum Gasteiger partial charge on any atom is -0.258 e. The van der Waals surface area contributed by atoms with E-state index in [0.29, 0.717) is 5.56 Å². The molecule has 0 saturated heterocycles. The van der Waals surface area contributed by atoms with Crippen LogP contribution in [0.25, 0.3) is 0 Å². The number of hydrogen-bond donors (Lipinski definition) is 0. The molecule has 0 aromatic heterocycles. The standard InChI is InChI=1S/C8H6BrF2NO2/c1-4-2-3-5(8(10)11)6(9)7(4)12(13)14/h2-3,8H,1H3. The van der Waals surface area contributed by atoms with Crippen molar-refractivity contribution in [2.45, 2.75) is 13.3 Å². The Hall–Kier alpha value is -1.04. The molecule has 0 radical (unpaired) electrons. The van der Waals surface area contributed by atoms with Gasteiger partial charge in [-0.25, -0.2) is 8.78 Å². The van der Waals surface area contributed by atoms with Gasteiger partial charge in [-0.15, -0.1) is 0 Å². The van der Waals surface area contributed by atoms with E-state index in [2.05, 4.69) is 15.9 Å². The summed E-state index contributed by atoms with van der Waals surface area (Å²) in [5.41, 5.74) is -0.309. The molecule has 0 aliphatic heterocycles. The molecule has 0 amide bonds. The molecule has 0 atom stereocenters. The number of nitro groups is 1. The fourth-order valence-electron chi connectivity index (χ4n) is 1.07. The van der Waals surface area contributed by atoms with Crippen molar-refractivity contribution in [2.75, 3.05) is 0 Å². The number of hydrogen-bond acceptors (Lipinski definition) is 2. The second-order valence-electron chi connectivity index (χ2n) is 2.69. The Labute approximate surface area is 87.0 Å². The van der Waals surface area contributed by atoms with Gasteiger partial charge < -0.3 is 0 Å². The van der Waals surface area contributed by atoms with Crippen molar-refractivity contribution >= 4 is 21.6 Å². The van der Waals surface area contributed by atoms with Crippen LogP contribution in [0.3, 0.4) is 0 Å². The highest BCUT2D eigenvalue weighted by atomic mass is 79.9. The molecule has 6 heteroatoms. The van der Waals surface area contributed by atoms with E-state index in [1.54, 1.807) is 0 Å². The SMILES string of the molecule is Cc1ccc(C(F)F)c(Br)c1[N+](=O)[O-]. The summed E-state index contributed by atoms with van der Waals surface area (Å²) in [5, 5.41) is 10.5. The number of nitrogens with zero attached hydrogens (tertiary/aromatic N) is 1. The summed E-state index contributed by atoms with van der Waals surface area (Å²) in [6, 6.07) is 2.49. The van der Waals surface area contributed by atoms with Crippen LogP contribution < -0.4 is 0 Å². The molecule has 1 rings (SSSR count). The second-order valence-corrected chi connectivity index (χ2v) is 3.49. The average molecular weight is 266 g/mol. The Morgan fingerprint density at radius 2 is 2.07 bits per heavy atom. The molecule has 0 aliphatic rings. The van der Waals surface area contributed by atoms with E-state index in [1.807, 2.05) is 0 Å². The first-order chi connectivity index (χ1) is 6.45. The third kappa shape index (κ3) is 1.89. The predicted molar refractivity (Wildman–Crippen MR) is 50.5 cm³/mol. The summed E-state index contributed by atoms with van der Waals surface area (Å²) in [6.07, 6.45) is -2.72. The van der Waals surface area contributed by atoms with Crippen molar-refractivity contribution < 1.29 is 13.7 Å². The van der Waals surface area contributed by atoms with Crippen molar-refractivity contribution in [3.8, 4) is 0 Å². The smallest absolute Gasteiger partial charge is 0.258 e. The molecule has 0 heterocycles. The molecule has 0 aliphatic carbocycles. The van der Waals surface area contributed by atoms with E-state index in [-0.39, 0.29) is 15.7 Å². The lowest BCUT2D eigenvalue weighted by Gasteiger charge is -2.05. The molecule has 0 fully saturated rings. The van der Waals surface area contributed by atoms with Crippen LogP contribution in [0.4, 0.5) is 14.5 Å². The van der Waals surface area contributed by atoms with Crippen LogP contribution in [-0.2, 0) is 0 Å². The Bertz CT molecular complexity index is 382. The fourth-order valence-corrected chi connectivity index (χ4v) is 1.83. The molecular weight excluding hydrogens is 260 g/mol. The first-order valence-electron chi connectivity index (χ1n) is 3.66. The van der Waals surface area contributed by atoms with Gasteiger partial charge in [0.25, 0.3) is 12.1 Å². The highest BCUT2D eigenvalue weighted by Crippen LogP contribution is 2.36. The molecule has 1 aromatic carbocycles. The summed E-state index contributed by atoms with van der Waals surface area (Å²) in [7, 11) is 0. The largest absolute Gasteiger partial charge is 0.286 e. The molecule has 14 heavy (non-hydrogen) atoms. The van der Waals surface area contributed by atoms with Crippen LogP contribution in [0, 0.1) is 17.0 Å². The third-order valence-electron chi connectivity index (χ3n) is 1.77. The third-order valence-corrected chi connectivity index (χ3v) is 2.60. The van der Waals surface area contributed by atoms with Gasteiger partial charge in [-0.3, -0.25) is 10.1 Å². The van der Waals surface area contributed by atoms with Crippen LogP contribution >= 0.6 is 15.9 Å². The van der Waals surface area contributed by atoms with Crippen molar-refractivity contribution in [3.63, 3.8) is 0 Å². The quantitative estimate of drug-likeness (QED) is 0.606. The van der Waals surface area contributed by atoms with Crippen molar-refractivity contribution in [1.29, 1.82) is 0 Å². The van der Waals surface area contributed by atoms with Gasteiger partial charge in [0.2, 0.25) is 0 Å². The van der Waals surface area contributed by atoms with Crippen molar-refractivity contribution in [1.82, 2.24) is 0 Å². The molecular formula is C8H6BrF2NO2. The van der Waals surface area contributed by atoms with Crippen LogP contribution in [-0.4, -0.2) is 4.92 Å². The predicted octanol–water partition coefficient (Wildman–Crippen LogP) is 3.60. The lowest BCUT2D eigenvalue weighted by Crippen LogP contribution is -1.97. The zero-order chi connectivity index (χ0) is 10.9. The summed E-state index contributed by atoms with van der Waals surface area (Å²) >= 11 is 2.81. The Morgan fingerprint density at radius 3 is 2.50 bits per heavy atom. The number of aryl methyl sites for hydroxylation is 1. The molecule has 0 spiro atoms. The van der Waals surface area contributed by atoms with Crippen molar-refractivity contribution in [2.24, 2.45) is 0 Å². The van der Waals surface area contributed by atoms with E-state index in [4.69, 9.17) is 0 Å². The Morgan fingerprint density at radius 1 is 1.50 bits per heavy atom. The van der Waals surface area contributed by atoms with Crippen LogP contribution in [0.5, 0.6) is 0 Å². The Kier molecular flexibility index (Phi) is 3.15. The van der Waals surface area contributed by atoms with Gasteiger partial charge in [-0.05, 0) is 22.9 Å². The topological polar surface area (TPSA) is 43.1 Å². The molecule has 3 nitrogen and oxygen atoms in total. The van der Waals surface area contributed by atoms with Crippen LogP contribution in [0.15, 0.2) is 16.6 Å². The lowest BCUT2D eigenvalue weighted by molar-refractivity contribution is -0.386. The minimum atomic E-state index is -2.72. The van der Waals surface area contributed by atoms with Gasteiger partial charge in [-0.2, -0.15) is 0 Å². The summed E-state index contributed by atoms with van der Waals surface area (Å²) < 4.78 is 24.6. The number of halogens is 3. The molecule has 0 bridgehead atoms. The van der Waals surface area contributed by atoms with Crippen LogP contribution in [0.1, 0.15) is 17.6 Å². The average Bonchev–Trinajstić information content (AvgIpc) is 2.02. The molecule has 0 saturated carbocycles. The maximum Gasteiger partial charge on any atom is 0.286 e. The van der Waals surface area contributed by atoms with E-state index in [9.17, 15) is 18.9 Å². The van der Waals surface area contributed by atoms with Gasteiger partial charge in [-0.1, -0.05) is 12.1 Å². The van der Waals surface area contributed by atoms with E-state index in [1.165, 1.54) is 19.1 Å². The minimum absolute atomic E-state index is 0.141. The molecule has 0 N–H and O–H groups in total. The first-order valence-corrected chi connectivity index (χ1v) is 4.46. The maximum atomic E-state index is 12.4. The number of benzene rings is 1. The molecule has 0 unspecified atom stereocenters. The van der Waals surface area contributed by atoms with E-state index >= 15 is 0 Å². The summed E-state index contributed by atoms with van der Waals surface area (Å²) in [4.78, 5) is 9.87. The number of alkyl halides is 2. The number of nitro benzene ring substituents is 1. The summed E-state index contributed by atoms with van der Waals surface area (Å²) in [5.74, 6) is 0. The fraction of sp³-hybridized carbons (Fsp3) is 0.250. The van der Waals surface area contributed by atoms with Crippen LogP contribution in [0.2, 0.25) is 0 Å². The zero-order valence-corrected chi connectivity index (χ0v) is 8.72.